The van der Waals surface area contributed by atoms with E-state index in [2.05, 4.69) is 46.8 Å². The third-order valence-electron chi connectivity index (χ3n) is 6.39. The van der Waals surface area contributed by atoms with Crippen molar-refractivity contribution in [2.75, 3.05) is 0 Å². The molecular weight excluding hydrogens is 312 g/mol. The number of rotatable bonds is 3. The maximum Gasteiger partial charge on any atom is 0.335 e. The van der Waals surface area contributed by atoms with Crippen LogP contribution in [0.15, 0.2) is 42.5 Å². The summed E-state index contributed by atoms with van der Waals surface area (Å²) in [5.41, 5.74) is 4.56. The van der Waals surface area contributed by atoms with Crippen molar-refractivity contribution in [3.05, 3.63) is 70.3 Å². The topological polar surface area (TPSA) is 57.5 Å². The molecule has 2 N–H and O–H groups in total. The largest absolute Gasteiger partial charge is 0.478 e. The number of hydrogen-bond donors (Lipinski definition) is 2. The molecule has 0 radical (unpaired) electrons. The van der Waals surface area contributed by atoms with Gasteiger partial charge in [0.1, 0.15) is 6.10 Å². The second-order valence-electron chi connectivity index (χ2n) is 8.30. The van der Waals surface area contributed by atoms with E-state index in [1.807, 2.05) is 6.07 Å². The second-order valence-corrected chi connectivity index (χ2v) is 8.30. The number of carbonyl (C=O) groups is 1. The Labute approximate surface area is 149 Å². The van der Waals surface area contributed by atoms with E-state index in [4.69, 9.17) is 5.11 Å². The van der Waals surface area contributed by atoms with E-state index in [-0.39, 0.29) is 16.4 Å². The van der Waals surface area contributed by atoms with Crippen LogP contribution in [-0.2, 0) is 10.8 Å². The zero-order chi connectivity index (χ0) is 18.6. The summed E-state index contributed by atoms with van der Waals surface area (Å²) in [6.07, 6.45) is -0.761. The Morgan fingerprint density at radius 3 is 2.00 bits per heavy atom. The molecule has 3 heteroatoms. The molecule has 0 aliphatic heterocycles. The molecule has 2 atom stereocenters. The van der Waals surface area contributed by atoms with E-state index in [1.165, 1.54) is 23.3 Å². The zero-order valence-corrected chi connectivity index (χ0v) is 15.5. The second kappa shape index (κ2) is 5.70. The van der Waals surface area contributed by atoms with Crippen molar-refractivity contribution in [1.82, 2.24) is 0 Å². The third-order valence-corrected chi connectivity index (χ3v) is 6.39. The lowest BCUT2D eigenvalue weighted by Gasteiger charge is -2.32. The summed E-state index contributed by atoms with van der Waals surface area (Å²) in [6, 6.07) is 12.7. The summed E-state index contributed by atoms with van der Waals surface area (Å²) in [5, 5.41) is 19.8. The number of carboxylic acids is 1. The highest BCUT2D eigenvalue weighted by Gasteiger charge is 2.48. The number of aromatic carboxylic acids is 1. The van der Waals surface area contributed by atoms with Gasteiger partial charge < -0.3 is 10.2 Å². The van der Waals surface area contributed by atoms with Crippen molar-refractivity contribution >= 4 is 5.97 Å². The molecule has 1 aliphatic carbocycles. The predicted octanol–water partition coefficient (Wildman–Crippen LogP) is 4.67. The van der Waals surface area contributed by atoms with Crippen molar-refractivity contribution < 1.29 is 15.0 Å². The van der Waals surface area contributed by atoms with Gasteiger partial charge in [0, 0.05) is 0 Å². The normalized spacial score (nSPS) is 21.6. The maximum atomic E-state index is 11.0. The Hall–Kier alpha value is -2.13. The SMILES string of the molecule is CC1C(C)(C)c2ccc(C(O)c3ccc(C(=O)O)cc3)cc2C1(C)C. The average Bonchev–Trinajstić information content (AvgIpc) is 2.72. The molecule has 3 rings (SSSR count). The first-order valence-corrected chi connectivity index (χ1v) is 8.73. The number of aliphatic hydroxyl groups is 1. The highest BCUT2D eigenvalue weighted by atomic mass is 16.4. The molecule has 0 bridgehead atoms. The monoisotopic (exact) mass is 338 g/mol. The van der Waals surface area contributed by atoms with Crippen molar-refractivity contribution in [3.63, 3.8) is 0 Å². The molecule has 0 saturated carbocycles. The molecule has 0 saturated heterocycles. The first-order valence-electron chi connectivity index (χ1n) is 8.73. The van der Waals surface area contributed by atoms with E-state index in [1.54, 1.807) is 12.1 Å². The lowest BCUT2D eigenvalue weighted by atomic mass is 9.71. The standard InChI is InChI=1S/C22H26O3/c1-13-21(2,3)17-11-10-16(12-18(17)22(13,4)5)19(23)14-6-8-15(9-7-14)20(24)25/h6-13,19,23H,1-5H3,(H,24,25). The summed E-state index contributed by atoms with van der Waals surface area (Å²) >= 11 is 0. The predicted molar refractivity (Wildman–Crippen MR) is 99.1 cm³/mol. The van der Waals surface area contributed by atoms with Crippen LogP contribution in [0.3, 0.4) is 0 Å². The van der Waals surface area contributed by atoms with Gasteiger partial charge in [-0.15, -0.1) is 0 Å². The molecule has 0 heterocycles. The van der Waals surface area contributed by atoms with Crippen molar-refractivity contribution in [1.29, 1.82) is 0 Å². The fourth-order valence-electron chi connectivity index (χ4n) is 4.20. The van der Waals surface area contributed by atoms with Gasteiger partial charge in [-0.2, -0.15) is 0 Å². The summed E-state index contributed by atoms with van der Waals surface area (Å²) in [5.74, 6) is -0.464. The van der Waals surface area contributed by atoms with Crippen LogP contribution in [0.2, 0.25) is 0 Å². The van der Waals surface area contributed by atoms with Gasteiger partial charge >= 0.3 is 5.97 Å². The van der Waals surface area contributed by atoms with Crippen LogP contribution in [0, 0.1) is 5.92 Å². The van der Waals surface area contributed by atoms with Gasteiger partial charge in [0.05, 0.1) is 5.56 Å². The minimum Gasteiger partial charge on any atom is -0.478 e. The summed E-state index contributed by atoms with van der Waals surface area (Å²) < 4.78 is 0. The van der Waals surface area contributed by atoms with Gasteiger partial charge in [-0.05, 0) is 51.1 Å². The molecule has 0 amide bonds. The molecule has 25 heavy (non-hydrogen) atoms. The van der Waals surface area contributed by atoms with E-state index >= 15 is 0 Å². The quantitative estimate of drug-likeness (QED) is 0.855. The Bertz CT molecular complexity index is 816. The average molecular weight is 338 g/mol. The van der Waals surface area contributed by atoms with Crippen LogP contribution in [0.5, 0.6) is 0 Å². The number of aliphatic hydroxyl groups excluding tert-OH is 1. The molecule has 1 aliphatic rings. The Balaban J connectivity index is 2.00. The Morgan fingerprint density at radius 1 is 0.920 bits per heavy atom. The summed E-state index contributed by atoms with van der Waals surface area (Å²) in [4.78, 5) is 11.0. The molecule has 3 nitrogen and oxygen atoms in total. The summed E-state index contributed by atoms with van der Waals surface area (Å²) in [6.45, 7) is 11.4. The molecule has 0 fully saturated rings. The third kappa shape index (κ3) is 2.67. The molecule has 132 valence electrons. The van der Waals surface area contributed by atoms with E-state index in [9.17, 15) is 9.90 Å². The highest BCUT2D eigenvalue weighted by molar-refractivity contribution is 5.87. The van der Waals surface area contributed by atoms with Crippen LogP contribution >= 0.6 is 0 Å². The van der Waals surface area contributed by atoms with Crippen LogP contribution in [0.25, 0.3) is 0 Å². The molecule has 2 aromatic carbocycles. The first kappa shape index (κ1) is 17.7. The minimum absolute atomic E-state index is 0.0434. The van der Waals surface area contributed by atoms with Gasteiger partial charge in [-0.1, -0.05) is 65.0 Å². The number of carboxylic acid groups (broad SMARTS) is 1. The van der Waals surface area contributed by atoms with Crippen LogP contribution in [0.4, 0.5) is 0 Å². The van der Waals surface area contributed by atoms with Gasteiger partial charge in [0.25, 0.3) is 0 Å². The van der Waals surface area contributed by atoms with Crippen LogP contribution in [0.1, 0.15) is 73.3 Å². The first-order chi connectivity index (χ1) is 11.6. The number of fused-ring (bicyclic) bond motifs is 1. The van der Waals surface area contributed by atoms with Crippen LogP contribution < -0.4 is 0 Å². The number of benzene rings is 2. The smallest absolute Gasteiger partial charge is 0.335 e. The van der Waals surface area contributed by atoms with E-state index < -0.39 is 12.1 Å². The number of hydrogen-bond acceptors (Lipinski definition) is 2. The lowest BCUT2D eigenvalue weighted by Crippen LogP contribution is -2.30. The molecule has 0 aromatic heterocycles. The minimum atomic E-state index is -0.962. The molecule has 2 unspecified atom stereocenters. The van der Waals surface area contributed by atoms with Gasteiger partial charge in [0.2, 0.25) is 0 Å². The van der Waals surface area contributed by atoms with Crippen LogP contribution in [-0.4, -0.2) is 16.2 Å². The fourth-order valence-corrected chi connectivity index (χ4v) is 4.20. The maximum absolute atomic E-state index is 11.0. The fraction of sp³-hybridized carbons (Fsp3) is 0.409. The zero-order valence-electron chi connectivity index (χ0n) is 15.5. The van der Waals surface area contributed by atoms with Crippen molar-refractivity contribution in [2.45, 2.75) is 51.6 Å². The summed E-state index contributed by atoms with van der Waals surface area (Å²) in [7, 11) is 0. The molecule has 0 spiro atoms. The van der Waals surface area contributed by atoms with Crippen molar-refractivity contribution in [2.24, 2.45) is 5.92 Å². The molecular formula is C22H26O3. The van der Waals surface area contributed by atoms with Gasteiger partial charge in [-0.3, -0.25) is 0 Å². The van der Waals surface area contributed by atoms with E-state index in [0.717, 1.165) is 5.56 Å². The van der Waals surface area contributed by atoms with E-state index in [0.29, 0.717) is 11.5 Å². The molecule has 2 aromatic rings. The lowest BCUT2D eigenvalue weighted by molar-refractivity contribution is 0.0696. The highest BCUT2D eigenvalue weighted by Crippen LogP contribution is 2.53. The Kier molecular flexibility index (Phi) is 4.03. The van der Waals surface area contributed by atoms with Gasteiger partial charge in [0.15, 0.2) is 0 Å². The van der Waals surface area contributed by atoms with Gasteiger partial charge in [-0.25, -0.2) is 4.79 Å². The Morgan fingerprint density at radius 2 is 1.44 bits per heavy atom. The van der Waals surface area contributed by atoms with Crippen molar-refractivity contribution in [3.8, 4) is 0 Å².